The summed E-state index contributed by atoms with van der Waals surface area (Å²) in [7, 11) is 0. The van der Waals surface area contributed by atoms with E-state index in [9.17, 15) is 14.4 Å². The molecule has 0 spiro atoms. The van der Waals surface area contributed by atoms with Gasteiger partial charge in [0.2, 0.25) is 0 Å². The van der Waals surface area contributed by atoms with Crippen LogP contribution in [0, 0.1) is 17.8 Å². The van der Waals surface area contributed by atoms with Crippen LogP contribution in [-0.4, -0.2) is 54.8 Å². The number of unbranched alkanes of at least 4 members (excludes halogenated alkanes) is 58. The Morgan fingerprint density at radius 2 is 0.360 bits per heavy atom. The van der Waals surface area contributed by atoms with Gasteiger partial charge >= 0.3 is 332 Å². The van der Waals surface area contributed by atoms with Gasteiger partial charge in [0.15, 0.2) is 0 Å². The third-order valence-electron chi connectivity index (χ3n) is 19.5. The molecule has 3 unspecified atom stereocenters. The minimum absolute atomic E-state index is 0.296. The molecule has 0 fully saturated rings. The van der Waals surface area contributed by atoms with Crippen LogP contribution in [0.5, 0.6) is 0 Å². The summed E-state index contributed by atoms with van der Waals surface area (Å²) >= 11 is 8.78. The van der Waals surface area contributed by atoms with Gasteiger partial charge in [-0.15, -0.1) is 0 Å². The van der Waals surface area contributed by atoms with Crippen molar-refractivity contribution < 1.29 is 23.6 Å². The van der Waals surface area contributed by atoms with E-state index in [2.05, 4.69) is 65.6 Å². The molecule has 89 heavy (non-hydrogen) atoms. The first-order valence-corrected chi connectivity index (χ1v) is 47.7. The molecule has 0 radical (unpaired) electrons. The van der Waals surface area contributed by atoms with Crippen molar-refractivity contribution in [2.24, 2.45) is 17.8 Å². The van der Waals surface area contributed by atoms with Crippen molar-refractivity contribution in [1.82, 2.24) is 0 Å². The summed E-state index contributed by atoms with van der Waals surface area (Å²) in [5.74, 6) is -1.58. The van der Waals surface area contributed by atoms with Gasteiger partial charge in [-0.3, -0.25) is 0 Å². The zero-order valence-electron chi connectivity index (χ0n) is 60.3. The number of carbonyl (C=O) groups excluding carboxylic acids is 3. The molecule has 530 valence electrons. The van der Waals surface area contributed by atoms with Gasteiger partial charge in [-0.1, -0.05) is 252 Å². The molecule has 0 bridgehead atoms. The second kappa shape index (κ2) is 72.5. The Morgan fingerprint density at radius 3 is 0.494 bits per heavy atom. The summed E-state index contributed by atoms with van der Waals surface area (Å²) in [6.45, 7) is 8.96. The first kappa shape index (κ1) is 89.3. The van der Waals surface area contributed by atoms with Crippen LogP contribution in [0.1, 0.15) is 445 Å². The molecule has 0 saturated carbocycles. The normalized spacial score (nSPS) is 13.4. The smallest absolute Gasteiger partial charge is 0.0654 e. The number of thiol groups is 3. The summed E-state index contributed by atoms with van der Waals surface area (Å²) in [5, 5.41) is 0. The van der Waals surface area contributed by atoms with Crippen LogP contribution in [0.2, 0.25) is 4.44 Å². The van der Waals surface area contributed by atoms with E-state index in [4.69, 9.17) is 9.22 Å². The van der Waals surface area contributed by atoms with Gasteiger partial charge in [-0.25, -0.2) is 0 Å². The van der Waals surface area contributed by atoms with Crippen LogP contribution < -0.4 is 0 Å². The first-order chi connectivity index (χ1) is 43.8. The molecule has 0 aliphatic rings. The quantitative estimate of drug-likeness (QED) is 0.0320. The van der Waals surface area contributed by atoms with Crippen LogP contribution in [0.4, 0.5) is 0 Å². The average molecular weight is 1420 g/mol. The number of hydrogen-bond donors (Lipinski definition) is 3. The Morgan fingerprint density at radius 1 is 0.225 bits per heavy atom. The predicted octanol–water partition coefficient (Wildman–Crippen LogP) is 27.6. The number of rotatable bonds is 75. The molecule has 0 N–H and O–H groups in total. The summed E-state index contributed by atoms with van der Waals surface area (Å²) in [4.78, 5) is 43.0. The summed E-state index contributed by atoms with van der Waals surface area (Å²) in [6.07, 6.45) is 83.1. The fraction of sp³-hybridized carbons (Fsp3) is 0.962. The zero-order valence-corrected chi connectivity index (χ0v) is 65.9. The molecular formula is C79H156O6S3Sn. The van der Waals surface area contributed by atoms with E-state index in [0.29, 0.717) is 47.4 Å². The molecule has 0 amide bonds. The standard InChI is InChI=1S/3C25H50O2S.C4H9.Sn/c3*1-2-3-4-5-6-7-8-9-10-11-12-13-14-15-16-17-18-19-20-21-22-24(23-28)25(26)27;1-3-4-2;/h3*24,28H,2-23H2,1H3,(H,26,27);1,3-4H2,2H3;/q;;;;+3/p-3. The van der Waals surface area contributed by atoms with E-state index in [-0.39, 0.29) is 0 Å². The van der Waals surface area contributed by atoms with E-state index in [0.717, 1.165) is 64.2 Å². The topological polar surface area (TPSA) is 78.9 Å². The molecule has 6 nitrogen and oxygen atoms in total. The Kier molecular flexibility index (Phi) is 72.7. The molecule has 10 heteroatoms. The third-order valence-corrected chi connectivity index (χ3v) is 27.9. The van der Waals surface area contributed by atoms with E-state index in [1.54, 1.807) is 0 Å². The number of carbonyl (C=O) groups is 3. The van der Waals surface area contributed by atoms with Crippen molar-refractivity contribution in [1.29, 1.82) is 0 Å². The summed E-state index contributed by atoms with van der Waals surface area (Å²) in [5.41, 5.74) is 0. The summed E-state index contributed by atoms with van der Waals surface area (Å²) in [6, 6.07) is 0. The van der Waals surface area contributed by atoms with E-state index in [1.807, 2.05) is 0 Å². The predicted molar refractivity (Wildman–Crippen MR) is 404 cm³/mol. The van der Waals surface area contributed by atoms with Crippen molar-refractivity contribution in [3.05, 3.63) is 0 Å². The fourth-order valence-corrected chi connectivity index (χ4v) is 21.6. The van der Waals surface area contributed by atoms with Crippen molar-refractivity contribution >= 4 is 75.4 Å². The fourth-order valence-electron chi connectivity index (χ4n) is 13.1. The van der Waals surface area contributed by atoms with Crippen molar-refractivity contribution in [3.8, 4) is 0 Å². The molecule has 3 atom stereocenters. The van der Waals surface area contributed by atoms with Gasteiger partial charge in [0.25, 0.3) is 0 Å². The number of hydrogen-bond acceptors (Lipinski definition) is 9. The first-order valence-electron chi connectivity index (χ1n) is 40.3. The SMILES string of the molecule is CCCCCCCCCCCCCCCCCCCCCCC(CS)C(=O)[O][Sn]([CH2]CCC)([O]C(=O)C(CS)CCCCCCCCCCCCCCCCCCCCCC)[O]C(=O)C(CS)CCCCCCCCCCCCCCCCCCCCCC. The van der Waals surface area contributed by atoms with Gasteiger partial charge < -0.3 is 0 Å². The van der Waals surface area contributed by atoms with E-state index in [1.165, 1.54) is 327 Å². The van der Waals surface area contributed by atoms with E-state index >= 15 is 0 Å². The summed E-state index contributed by atoms with van der Waals surface area (Å²) < 4.78 is 19.8. The zero-order chi connectivity index (χ0) is 64.9. The maximum atomic E-state index is 14.3. The third kappa shape index (κ3) is 60.4. The molecule has 0 aromatic rings. The van der Waals surface area contributed by atoms with Gasteiger partial charge in [-0.05, 0) is 0 Å². The van der Waals surface area contributed by atoms with Gasteiger partial charge in [0, 0.05) is 0 Å². The van der Waals surface area contributed by atoms with Gasteiger partial charge in [0.1, 0.15) is 0 Å². The minimum atomic E-state index is -5.23. The molecule has 0 heterocycles. The van der Waals surface area contributed by atoms with Gasteiger partial charge in [-0.2, -0.15) is 0 Å². The van der Waals surface area contributed by atoms with Crippen LogP contribution in [0.15, 0.2) is 0 Å². The van der Waals surface area contributed by atoms with Crippen LogP contribution >= 0.6 is 37.9 Å². The van der Waals surface area contributed by atoms with Crippen LogP contribution in [-0.2, 0) is 23.6 Å². The molecule has 0 rings (SSSR count). The molecule has 0 saturated heterocycles. The Balaban J connectivity index is 5.19. The van der Waals surface area contributed by atoms with Crippen LogP contribution in [0.3, 0.4) is 0 Å². The second-order valence-corrected chi connectivity index (χ2v) is 36.4. The van der Waals surface area contributed by atoms with Crippen LogP contribution in [0.25, 0.3) is 0 Å². The Hall–Kier alpha value is 0.259. The van der Waals surface area contributed by atoms with Gasteiger partial charge in [0.05, 0.1) is 0 Å². The van der Waals surface area contributed by atoms with E-state index < -0.39 is 55.3 Å². The van der Waals surface area contributed by atoms with Crippen molar-refractivity contribution in [3.63, 3.8) is 0 Å². The molecular weight excluding hydrogens is 1260 g/mol. The minimum Gasteiger partial charge on any atom is -0.0654 e. The molecule has 0 aromatic heterocycles. The second-order valence-electron chi connectivity index (χ2n) is 28.2. The average Bonchev–Trinajstić information content (AvgIpc) is 2.41. The Bertz CT molecular complexity index is 1290. The monoisotopic (exact) mass is 1420 g/mol. The van der Waals surface area contributed by atoms with Crippen molar-refractivity contribution in [2.45, 2.75) is 449 Å². The maximum absolute atomic E-state index is 14.3. The molecule has 0 aromatic carbocycles. The van der Waals surface area contributed by atoms with Crippen molar-refractivity contribution in [2.75, 3.05) is 17.3 Å². The molecule has 0 aliphatic carbocycles. The Labute approximate surface area is 579 Å². The molecule has 0 aliphatic heterocycles.